The molecule has 1 aliphatic rings. The first kappa shape index (κ1) is 18.9. The van der Waals surface area contributed by atoms with Gasteiger partial charge >= 0.3 is 0 Å². The summed E-state index contributed by atoms with van der Waals surface area (Å²) in [5.41, 5.74) is 3.43. The molecule has 1 aliphatic heterocycles. The van der Waals surface area contributed by atoms with E-state index >= 15 is 0 Å². The molecular formula is C23H24N4O2. The van der Waals surface area contributed by atoms with E-state index in [9.17, 15) is 4.79 Å². The van der Waals surface area contributed by atoms with Gasteiger partial charge in [0.15, 0.2) is 11.5 Å². The van der Waals surface area contributed by atoms with Crippen molar-refractivity contribution < 1.29 is 9.53 Å². The van der Waals surface area contributed by atoms with Gasteiger partial charge in [-0.1, -0.05) is 18.2 Å². The molecule has 6 nitrogen and oxygen atoms in total. The molecule has 148 valence electrons. The molecule has 0 unspecified atom stereocenters. The van der Waals surface area contributed by atoms with E-state index in [1.807, 2.05) is 50.2 Å². The molecule has 6 heteroatoms. The fourth-order valence-electron chi connectivity index (χ4n) is 3.45. The molecule has 2 aromatic carbocycles. The van der Waals surface area contributed by atoms with Crippen molar-refractivity contribution >= 4 is 23.1 Å². The first-order valence-corrected chi connectivity index (χ1v) is 9.87. The van der Waals surface area contributed by atoms with Crippen molar-refractivity contribution in [2.45, 2.75) is 32.8 Å². The van der Waals surface area contributed by atoms with E-state index < -0.39 is 0 Å². The summed E-state index contributed by atoms with van der Waals surface area (Å²) in [6, 6.07) is 19.2. The highest BCUT2D eigenvalue weighted by Crippen LogP contribution is 2.31. The maximum Gasteiger partial charge on any atom is 0.276 e. The number of amides is 1. The number of ether oxygens (including phenoxy) is 1. The maximum absolute atomic E-state index is 12.5. The van der Waals surface area contributed by atoms with Gasteiger partial charge in [-0.25, -0.2) is 0 Å². The van der Waals surface area contributed by atoms with E-state index in [2.05, 4.69) is 38.6 Å². The molecule has 0 bridgehead atoms. The van der Waals surface area contributed by atoms with Crippen LogP contribution in [-0.2, 0) is 6.42 Å². The number of benzene rings is 2. The average molecular weight is 388 g/mol. The van der Waals surface area contributed by atoms with Gasteiger partial charge in [0.1, 0.15) is 5.75 Å². The summed E-state index contributed by atoms with van der Waals surface area (Å²) >= 11 is 0. The van der Waals surface area contributed by atoms with Gasteiger partial charge in [-0.15, -0.1) is 10.2 Å². The van der Waals surface area contributed by atoms with Gasteiger partial charge in [-0.2, -0.15) is 0 Å². The quantitative estimate of drug-likeness (QED) is 0.692. The van der Waals surface area contributed by atoms with Crippen molar-refractivity contribution in [1.29, 1.82) is 0 Å². The van der Waals surface area contributed by atoms with E-state index in [1.54, 1.807) is 6.07 Å². The predicted octanol–water partition coefficient (Wildman–Crippen LogP) is 4.60. The van der Waals surface area contributed by atoms with Crippen molar-refractivity contribution in [3.05, 3.63) is 71.9 Å². The van der Waals surface area contributed by atoms with Gasteiger partial charge in [0.25, 0.3) is 5.91 Å². The summed E-state index contributed by atoms with van der Waals surface area (Å²) in [7, 11) is 0. The molecule has 0 saturated heterocycles. The molecule has 0 spiro atoms. The minimum atomic E-state index is -0.291. The van der Waals surface area contributed by atoms with Crippen LogP contribution in [0.15, 0.2) is 60.7 Å². The number of anilines is 3. The van der Waals surface area contributed by atoms with E-state index in [1.165, 1.54) is 5.56 Å². The number of carbonyl (C=O) groups excluding carboxylic acids is 1. The Balaban J connectivity index is 1.45. The minimum absolute atomic E-state index is 0.107. The Morgan fingerprint density at radius 1 is 1.03 bits per heavy atom. The highest BCUT2D eigenvalue weighted by Gasteiger charge is 2.19. The van der Waals surface area contributed by atoms with Gasteiger partial charge < -0.3 is 15.0 Å². The largest absolute Gasteiger partial charge is 0.491 e. The molecule has 2 heterocycles. The molecular weight excluding hydrogens is 364 g/mol. The highest BCUT2D eigenvalue weighted by atomic mass is 16.5. The van der Waals surface area contributed by atoms with Crippen LogP contribution in [0.25, 0.3) is 0 Å². The van der Waals surface area contributed by atoms with Gasteiger partial charge in [-0.3, -0.25) is 4.79 Å². The van der Waals surface area contributed by atoms with Crippen LogP contribution in [0.3, 0.4) is 0 Å². The van der Waals surface area contributed by atoms with Crippen LogP contribution < -0.4 is 15.0 Å². The Morgan fingerprint density at radius 2 is 1.83 bits per heavy atom. The number of carbonyl (C=O) groups is 1. The van der Waals surface area contributed by atoms with Gasteiger partial charge in [0.05, 0.1) is 6.10 Å². The average Bonchev–Trinajstić information content (AvgIpc) is 2.74. The lowest BCUT2D eigenvalue weighted by atomic mass is 10.0. The number of para-hydroxylation sites is 1. The second kappa shape index (κ2) is 8.31. The second-order valence-electron chi connectivity index (χ2n) is 7.31. The Labute approximate surface area is 170 Å². The van der Waals surface area contributed by atoms with Crippen molar-refractivity contribution in [3.63, 3.8) is 0 Å². The zero-order chi connectivity index (χ0) is 20.2. The summed E-state index contributed by atoms with van der Waals surface area (Å²) in [6.07, 6.45) is 2.25. The summed E-state index contributed by atoms with van der Waals surface area (Å²) in [4.78, 5) is 14.7. The van der Waals surface area contributed by atoms with Crippen molar-refractivity contribution in [2.24, 2.45) is 0 Å². The Bertz CT molecular complexity index is 985. The van der Waals surface area contributed by atoms with Crippen LogP contribution in [0, 0.1) is 0 Å². The number of aromatic nitrogens is 2. The van der Waals surface area contributed by atoms with Gasteiger partial charge in [-0.05, 0) is 74.7 Å². The zero-order valence-corrected chi connectivity index (χ0v) is 16.6. The smallest absolute Gasteiger partial charge is 0.276 e. The number of rotatable bonds is 5. The topological polar surface area (TPSA) is 67.3 Å². The Kier molecular flexibility index (Phi) is 5.42. The summed E-state index contributed by atoms with van der Waals surface area (Å²) in [6.45, 7) is 4.84. The van der Waals surface area contributed by atoms with Crippen LogP contribution >= 0.6 is 0 Å². The van der Waals surface area contributed by atoms with Crippen molar-refractivity contribution in [2.75, 3.05) is 16.8 Å². The van der Waals surface area contributed by atoms with Crippen LogP contribution in [-0.4, -0.2) is 28.8 Å². The third-order valence-electron chi connectivity index (χ3n) is 4.75. The molecule has 1 N–H and O–H groups in total. The SMILES string of the molecule is CC(C)Oc1ccc(NC(=O)c2ccc(N3CCCc4ccccc43)nn2)cc1. The predicted molar refractivity (Wildman–Crippen MR) is 114 cm³/mol. The van der Waals surface area contributed by atoms with E-state index in [4.69, 9.17) is 4.74 Å². The number of hydrogen-bond donors (Lipinski definition) is 1. The number of hydrogen-bond acceptors (Lipinski definition) is 5. The van der Waals surface area contributed by atoms with Crippen molar-refractivity contribution in [1.82, 2.24) is 10.2 Å². The van der Waals surface area contributed by atoms with E-state index in [0.29, 0.717) is 5.69 Å². The first-order valence-electron chi connectivity index (χ1n) is 9.87. The Hall–Kier alpha value is -3.41. The highest BCUT2D eigenvalue weighted by molar-refractivity contribution is 6.02. The van der Waals surface area contributed by atoms with Gasteiger partial charge in [0.2, 0.25) is 0 Å². The van der Waals surface area contributed by atoms with E-state index in [0.717, 1.165) is 36.6 Å². The lowest BCUT2D eigenvalue weighted by molar-refractivity contribution is 0.102. The number of fused-ring (bicyclic) bond motifs is 1. The normalized spacial score (nSPS) is 13.1. The summed E-state index contributed by atoms with van der Waals surface area (Å²) < 4.78 is 5.61. The standard InChI is InChI=1S/C23H24N4O2/c1-16(2)29-19-11-9-18(10-12-19)24-23(28)20-13-14-22(26-25-20)27-15-5-7-17-6-3-4-8-21(17)27/h3-4,6,8-14,16H,5,7,15H2,1-2H3,(H,24,28). The maximum atomic E-state index is 12.5. The van der Waals surface area contributed by atoms with Crippen LogP contribution in [0.2, 0.25) is 0 Å². The van der Waals surface area contributed by atoms with Crippen molar-refractivity contribution in [3.8, 4) is 5.75 Å². The van der Waals surface area contributed by atoms with Crippen LogP contribution in [0.1, 0.15) is 36.3 Å². The number of aryl methyl sites for hydroxylation is 1. The minimum Gasteiger partial charge on any atom is -0.491 e. The molecule has 0 aliphatic carbocycles. The zero-order valence-electron chi connectivity index (χ0n) is 16.6. The Morgan fingerprint density at radius 3 is 2.55 bits per heavy atom. The first-order chi connectivity index (χ1) is 14.1. The van der Waals surface area contributed by atoms with Crippen LogP contribution in [0.5, 0.6) is 5.75 Å². The molecule has 0 saturated carbocycles. The molecule has 1 amide bonds. The van der Waals surface area contributed by atoms with Gasteiger partial charge in [0, 0.05) is 17.9 Å². The number of nitrogens with zero attached hydrogens (tertiary/aromatic N) is 3. The molecule has 4 rings (SSSR count). The third kappa shape index (κ3) is 4.37. The molecule has 1 aromatic heterocycles. The summed E-state index contributed by atoms with van der Waals surface area (Å²) in [5.74, 6) is 1.23. The lowest BCUT2D eigenvalue weighted by Crippen LogP contribution is -2.26. The van der Waals surface area contributed by atoms with Crippen LogP contribution in [0.4, 0.5) is 17.2 Å². The fraction of sp³-hybridized carbons (Fsp3) is 0.261. The number of nitrogens with one attached hydrogen (secondary N) is 1. The molecule has 3 aromatic rings. The fourth-order valence-corrected chi connectivity index (χ4v) is 3.45. The molecule has 0 fully saturated rings. The van der Waals surface area contributed by atoms with E-state index in [-0.39, 0.29) is 17.7 Å². The molecule has 0 atom stereocenters. The molecule has 0 radical (unpaired) electrons. The lowest BCUT2D eigenvalue weighted by Gasteiger charge is -2.29. The third-order valence-corrected chi connectivity index (χ3v) is 4.75. The molecule has 29 heavy (non-hydrogen) atoms. The second-order valence-corrected chi connectivity index (χ2v) is 7.31. The monoisotopic (exact) mass is 388 g/mol. The summed E-state index contributed by atoms with van der Waals surface area (Å²) in [5, 5.41) is 11.3.